The van der Waals surface area contributed by atoms with E-state index >= 15 is 0 Å². The maximum absolute atomic E-state index is 5.83. The summed E-state index contributed by atoms with van der Waals surface area (Å²) >= 11 is 5.83. The van der Waals surface area contributed by atoms with Crippen LogP contribution in [0.5, 0.6) is 5.75 Å². The Bertz CT molecular complexity index is 455. The molecule has 1 aromatic carbocycles. The molecule has 0 saturated carbocycles. The minimum atomic E-state index is 0.376. The number of methoxy groups -OCH3 is 1. The Morgan fingerprint density at radius 3 is 2.87 bits per heavy atom. The molecule has 15 heavy (non-hydrogen) atoms. The van der Waals surface area contributed by atoms with Crippen LogP contribution in [0.15, 0.2) is 30.6 Å². The molecule has 0 fully saturated rings. The highest BCUT2D eigenvalue weighted by molar-refractivity contribution is 6.28. The van der Waals surface area contributed by atoms with Crippen molar-refractivity contribution in [2.24, 2.45) is 0 Å². The summed E-state index contributed by atoms with van der Waals surface area (Å²) in [6.07, 6.45) is 1.59. The first-order valence-corrected chi connectivity index (χ1v) is 4.84. The van der Waals surface area contributed by atoms with Crippen LogP contribution in [0, 0.1) is 0 Å². The van der Waals surface area contributed by atoms with Gasteiger partial charge < -0.3 is 4.74 Å². The molecule has 0 aliphatic heterocycles. The minimum Gasteiger partial charge on any atom is -0.496 e. The van der Waals surface area contributed by atoms with Gasteiger partial charge in [0.1, 0.15) is 12.1 Å². The van der Waals surface area contributed by atoms with E-state index in [9.17, 15) is 0 Å². The minimum absolute atomic E-state index is 0.376. The Kier molecular flexibility index (Phi) is 2.87. The van der Waals surface area contributed by atoms with E-state index in [2.05, 4.69) is 10.2 Å². The predicted octanol–water partition coefficient (Wildman–Crippen LogP) is 1.99. The van der Waals surface area contributed by atoms with Crippen LogP contribution in [-0.4, -0.2) is 21.9 Å². The second kappa shape index (κ2) is 4.31. The summed E-state index contributed by atoms with van der Waals surface area (Å²) in [5.41, 5.74) is 1.04. The number of rotatable bonds is 3. The molecule has 0 saturated heterocycles. The summed E-state index contributed by atoms with van der Waals surface area (Å²) in [6, 6.07) is 7.77. The van der Waals surface area contributed by atoms with Gasteiger partial charge in [-0.05, 0) is 17.7 Å². The third kappa shape index (κ3) is 2.10. The van der Waals surface area contributed by atoms with Gasteiger partial charge >= 0.3 is 0 Å². The molecule has 0 radical (unpaired) electrons. The molecule has 0 atom stereocenters. The second-order valence-electron chi connectivity index (χ2n) is 3.04. The van der Waals surface area contributed by atoms with E-state index < -0.39 is 0 Å². The van der Waals surface area contributed by atoms with Gasteiger partial charge in [0.05, 0.1) is 13.7 Å². The van der Waals surface area contributed by atoms with Crippen LogP contribution in [0.1, 0.15) is 5.56 Å². The molecule has 0 spiro atoms. The Labute approximate surface area is 92.5 Å². The van der Waals surface area contributed by atoms with E-state index in [0.29, 0.717) is 11.8 Å². The van der Waals surface area contributed by atoms with Crippen LogP contribution in [0.25, 0.3) is 0 Å². The molecule has 2 rings (SSSR count). The molecular formula is C10H10ClN3O. The molecule has 0 amide bonds. The Balaban J connectivity index is 2.28. The fourth-order valence-electron chi connectivity index (χ4n) is 1.36. The number of hydrogen-bond acceptors (Lipinski definition) is 3. The molecule has 0 aliphatic carbocycles. The molecule has 0 N–H and O–H groups in total. The number of ether oxygens (including phenoxy) is 1. The lowest BCUT2D eigenvalue weighted by molar-refractivity contribution is 0.408. The lowest BCUT2D eigenvalue weighted by Gasteiger charge is -2.08. The summed E-state index contributed by atoms with van der Waals surface area (Å²) in [6.45, 7) is 0.607. The van der Waals surface area contributed by atoms with Crippen LogP contribution in [0.2, 0.25) is 5.28 Å². The molecule has 0 unspecified atom stereocenters. The van der Waals surface area contributed by atoms with Crippen molar-refractivity contribution in [1.29, 1.82) is 0 Å². The molecule has 0 aliphatic rings. The van der Waals surface area contributed by atoms with Gasteiger partial charge in [0.15, 0.2) is 0 Å². The molecule has 78 valence electrons. The van der Waals surface area contributed by atoms with Crippen LogP contribution < -0.4 is 4.74 Å². The molecule has 4 nitrogen and oxygen atoms in total. The fraction of sp³-hybridized carbons (Fsp3) is 0.200. The van der Waals surface area contributed by atoms with E-state index in [1.165, 1.54) is 0 Å². The van der Waals surface area contributed by atoms with Crippen LogP contribution in [-0.2, 0) is 6.54 Å². The van der Waals surface area contributed by atoms with Crippen molar-refractivity contribution < 1.29 is 4.74 Å². The average molecular weight is 224 g/mol. The number of aromatic nitrogens is 3. The largest absolute Gasteiger partial charge is 0.496 e. The molecule has 1 aromatic heterocycles. The van der Waals surface area contributed by atoms with Gasteiger partial charge in [-0.15, -0.1) is 10.2 Å². The van der Waals surface area contributed by atoms with Crippen LogP contribution >= 0.6 is 11.6 Å². The van der Waals surface area contributed by atoms with E-state index in [-0.39, 0.29) is 0 Å². The molecule has 5 heteroatoms. The van der Waals surface area contributed by atoms with Gasteiger partial charge in [-0.1, -0.05) is 18.2 Å². The summed E-state index contributed by atoms with van der Waals surface area (Å²) in [7, 11) is 1.65. The molecule has 1 heterocycles. The van der Waals surface area contributed by atoms with Crippen molar-refractivity contribution in [3.8, 4) is 5.75 Å². The fourth-order valence-corrected chi connectivity index (χ4v) is 1.51. The van der Waals surface area contributed by atoms with Crippen molar-refractivity contribution >= 4 is 11.6 Å². The SMILES string of the molecule is COc1ccccc1Cn1cnnc1Cl. The number of nitrogens with zero attached hydrogens (tertiary/aromatic N) is 3. The van der Waals surface area contributed by atoms with Crippen molar-refractivity contribution in [1.82, 2.24) is 14.8 Å². The maximum Gasteiger partial charge on any atom is 0.225 e. The molecule has 2 aromatic rings. The normalized spacial score (nSPS) is 10.3. The van der Waals surface area contributed by atoms with Gasteiger partial charge in [0, 0.05) is 5.56 Å². The number of benzene rings is 1. The monoisotopic (exact) mass is 223 g/mol. The first kappa shape index (κ1) is 9.98. The summed E-state index contributed by atoms with van der Waals surface area (Å²) < 4.78 is 6.99. The van der Waals surface area contributed by atoms with E-state index in [1.807, 2.05) is 24.3 Å². The number of hydrogen-bond donors (Lipinski definition) is 0. The Hall–Kier alpha value is -1.55. The van der Waals surface area contributed by atoms with Gasteiger partial charge in [0.25, 0.3) is 0 Å². The van der Waals surface area contributed by atoms with Gasteiger partial charge in [0.2, 0.25) is 5.28 Å². The third-order valence-corrected chi connectivity index (χ3v) is 2.39. The third-order valence-electron chi connectivity index (χ3n) is 2.10. The Morgan fingerprint density at radius 2 is 2.20 bits per heavy atom. The van der Waals surface area contributed by atoms with Crippen molar-refractivity contribution in [3.63, 3.8) is 0 Å². The zero-order valence-corrected chi connectivity index (χ0v) is 8.98. The van der Waals surface area contributed by atoms with Gasteiger partial charge in [-0.25, -0.2) is 0 Å². The quantitative estimate of drug-likeness (QED) is 0.799. The lowest BCUT2D eigenvalue weighted by Crippen LogP contribution is -2.00. The highest BCUT2D eigenvalue weighted by atomic mass is 35.5. The second-order valence-corrected chi connectivity index (χ2v) is 3.38. The van der Waals surface area contributed by atoms with E-state index in [4.69, 9.17) is 16.3 Å². The first-order valence-electron chi connectivity index (χ1n) is 4.46. The smallest absolute Gasteiger partial charge is 0.225 e. The zero-order chi connectivity index (χ0) is 10.7. The van der Waals surface area contributed by atoms with Crippen molar-refractivity contribution in [3.05, 3.63) is 41.4 Å². The van der Waals surface area contributed by atoms with Gasteiger partial charge in [-0.2, -0.15) is 0 Å². The standard InChI is InChI=1S/C10H10ClN3O/c1-15-9-5-3-2-4-8(9)6-14-7-12-13-10(14)11/h2-5,7H,6H2,1H3. The summed E-state index contributed by atoms with van der Waals surface area (Å²) in [4.78, 5) is 0. The van der Waals surface area contributed by atoms with E-state index in [1.54, 1.807) is 18.0 Å². The molecule has 0 bridgehead atoms. The predicted molar refractivity (Wildman–Crippen MR) is 57.1 cm³/mol. The van der Waals surface area contributed by atoms with Crippen LogP contribution in [0.4, 0.5) is 0 Å². The van der Waals surface area contributed by atoms with Crippen molar-refractivity contribution in [2.75, 3.05) is 7.11 Å². The molecular weight excluding hydrogens is 214 g/mol. The zero-order valence-electron chi connectivity index (χ0n) is 8.22. The van der Waals surface area contributed by atoms with Crippen LogP contribution in [0.3, 0.4) is 0 Å². The average Bonchev–Trinajstić information content (AvgIpc) is 2.65. The van der Waals surface area contributed by atoms with Crippen molar-refractivity contribution in [2.45, 2.75) is 6.54 Å². The summed E-state index contributed by atoms with van der Waals surface area (Å²) in [5.74, 6) is 0.835. The Morgan fingerprint density at radius 1 is 1.40 bits per heavy atom. The first-order chi connectivity index (χ1) is 7.31. The topological polar surface area (TPSA) is 39.9 Å². The lowest BCUT2D eigenvalue weighted by atomic mass is 10.2. The number of para-hydroxylation sites is 1. The highest BCUT2D eigenvalue weighted by Gasteiger charge is 2.05. The van der Waals surface area contributed by atoms with E-state index in [0.717, 1.165) is 11.3 Å². The number of halogens is 1. The summed E-state index contributed by atoms with van der Waals surface area (Å²) in [5, 5.41) is 7.80. The van der Waals surface area contributed by atoms with Gasteiger partial charge in [-0.3, -0.25) is 4.57 Å². The maximum atomic E-state index is 5.83. The highest BCUT2D eigenvalue weighted by Crippen LogP contribution is 2.19.